The maximum Gasteiger partial charge on any atom is 0.292 e. The van der Waals surface area contributed by atoms with Crippen LogP contribution in [0.1, 0.15) is 0 Å². The number of aryl methyl sites for hydroxylation is 1. The first-order valence-electron chi connectivity index (χ1n) is 6.04. The predicted molar refractivity (Wildman–Crippen MR) is 77.2 cm³/mol. The molecule has 0 amide bonds. The van der Waals surface area contributed by atoms with Crippen molar-refractivity contribution in [1.82, 2.24) is 9.78 Å². The number of nitrogen functional groups attached to an aromatic ring is 1. The summed E-state index contributed by atoms with van der Waals surface area (Å²) in [6.07, 6.45) is 0. The minimum atomic E-state index is -0.482. The molecular weight excluding hydrogens is 256 g/mol. The molecule has 0 saturated heterocycles. The maximum atomic E-state index is 11.0. The van der Waals surface area contributed by atoms with Crippen LogP contribution in [-0.4, -0.2) is 14.7 Å². The van der Waals surface area contributed by atoms with Crippen molar-refractivity contribution >= 4 is 22.3 Å². The van der Waals surface area contributed by atoms with Crippen LogP contribution in [0.4, 0.5) is 11.4 Å². The summed E-state index contributed by atoms with van der Waals surface area (Å²) in [6, 6.07) is 12.5. The Balaban J connectivity index is 2.26. The molecule has 1 aromatic heterocycles. The van der Waals surface area contributed by atoms with Crippen LogP contribution in [-0.2, 0) is 7.05 Å². The van der Waals surface area contributed by atoms with E-state index in [9.17, 15) is 10.1 Å². The Hall–Kier alpha value is -2.89. The first-order chi connectivity index (χ1) is 9.58. The number of nitro groups is 1. The van der Waals surface area contributed by atoms with Crippen molar-refractivity contribution in [3.8, 4) is 11.3 Å². The Morgan fingerprint density at radius 2 is 2.00 bits per heavy atom. The molecule has 20 heavy (non-hydrogen) atoms. The van der Waals surface area contributed by atoms with Crippen molar-refractivity contribution in [2.45, 2.75) is 0 Å². The summed E-state index contributed by atoms with van der Waals surface area (Å²) in [4.78, 5) is 10.5. The third-order valence-corrected chi connectivity index (χ3v) is 3.26. The van der Waals surface area contributed by atoms with Crippen molar-refractivity contribution in [1.29, 1.82) is 0 Å². The molecule has 0 radical (unpaired) electrons. The van der Waals surface area contributed by atoms with E-state index in [0.717, 1.165) is 10.9 Å². The van der Waals surface area contributed by atoms with E-state index in [2.05, 4.69) is 5.10 Å². The van der Waals surface area contributed by atoms with Gasteiger partial charge in [0.2, 0.25) is 0 Å². The molecule has 0 aliphatic heterocycles. The second kappa shape index (κ2) is 4.34. The van der Waals surface area contributed by atoms with E-state index in [-0.39, 0.29) is 11.4 Å². The topological polar surface area (TPSA) is 87.0 Å². The van der Waals surface area contributed by atoms with Gasteiger partial charge in [0.15, 0.2) is 0 Å². The van der Waals surface area contributed by atoms with E-state index < -0.39 is 4.92 Å². The number of hydrogen-bond donors (Lipinski definition) is 1. The van der Waals surface area contributed by atoms with Crippen molar-refractivity contribution < 1.29 is 4.92 Å². The lowest BCUT2D eigenvalue weighted by atomic mass is 10.1. The standard InChI is InChI=1S/C14H12N4O2/c1-17-12-5-3-2-4-10(12)14(16-17)9-6-7-11(15)13(8-9)18(19)20/h2-8H,15H2,1H3. The van der Waals surface area contributed by atoms with E-state index in [1.165, 1.54) is 12.1 Å². The SMILES string of the molecule is Cn1nc(-c2ccc(N)c([N+](=O)[O-])c2)c2ccccc21. The Morgan fingerprint density at radius 1 is 1.25 bits per heavy atom. The number of benzene rings is 2. The zero-order valence-corrected chi connectivity index (χ0v) is 10.8. The highest BCUT2D eigenvalue weighted by molar-refractivity contribution is 5.94. The van der Waals surface area contributed by atoms with Gasteiger partial charge >= 0.3 is 0 Å². The fraction of sp³-hybridized carbons (Fsp3) is 0.0714. The van der Waals surface area contributed by atoms with Gasteiger partial charge in [-0.25, -0.2) is 0 Å². The van der Waals surface area contributed by atoms with Crippen LogP contribution in [0, 0.1) is 10.1 Å². The summed E-state index contributed by atoms with van der Waals surface area (Å²) < 4.78 is 1.76. The van der Waals surface area contributed by atoms with Crippen LogP contribution in [0.5, 0.6) is 0 Å². The lowest BCUT2D eigenvalue weighted by Crippen LogP contribution is -1.96. The van der Waals surface area contributed by atoms with Gasteiger partial charge in [0.05, 0.1) is 10.4 Å². The van der Waals surface area contributed by atoms with E-state index in [1.54, 1.807) is 10.7 Å². The Kier molecular flexibility index (Phi) is 2.64. The van der Waals surface area contributed by atoms with Gasteiger partial charge in [-0.1, -0.05) is 24.3 Å². The number of rotatable bonds is 2. The molecule has 0 fully saturated rings. The zero-order valence-electron chi connectivity index (χ0n) is 10.8. The minimum Gasteiger partial charge on any atom is -0.393 e. The summed E-state index contributed by atoms with van der Waals surface area (Å²) in [7, 11) is 1.84. The van der Waals surface area contributed by atoms with Gasteiger partial charge in [-0.15, -0.1) is 0 Å². The van der Waals surface area contributed by atoms with Crippen LogP contribution >= 0.6 is 0 Å². The number of fused-ring (bicyclic) bond motifs is 1. The number of para-hydroxylation sites is 1. The third kappa shape index (κ3) is 1.78. The van der Waals surface area contributed by atoms with E-state index in [1.807, 2.05) is 31.3 Å². The Labute approximate surface area is 114 Å². The molecule has 0 bridgehead atoms. The van der Waals surface area contributed by atoms with Gasteiger partial charge in [0.25, 0.3) is 5.69 Å². The summed E-state index contributed by atoms with van der Waals surface area (Å²) >= 11 is 0. The second-order valence-corrected chi connectivity index (χ2v) is 4.52. The largest absolute Gasteiger partial charge is 0.393 e. The lowest BCUT2D eigenvalue weighted by Gasteiger charge is -2.01. The molecule has 2 aromatic carbocycles. The van der Waals surface area contributed by atoms with E-state index in [4.69, 9.17) is 5.73 Å². The monoisotopic (exact) mass is 268 g/mol. The molecule has 100 valence electrons. The molecule has 0 unspecified atom stereocenters. The first-order valence-corrected chi connectivity index (χ1v) is 6.04. The molecule has 2 N–H and O–H groups in total. The molecular formula is C14H12N4O2. The van der Waals surface area contributed by atoms with Crippen LogP contribution < -0.4 is 5.73 Å². The predicted octanol–water partition coefficient (Wildman–Crippen LogP) is 2.73. The number of nitro benzene ring substituents is 1. The highest BCUT2D eigenvalue weighted by Gasteiger charge is 2.16. The highest BCUT2D eigenvalue weighted by atomic mass is 16.6. The number of nitrogens with zero attached hydrogens (tertiary/aromatic N) is 3. The second-order valence-electron chi connectivity index (χ2n) is 4.52. The van der Waals surface area contributed by atoms with Gasteiger partial charge in [-0.3, -0.25) is 14.8 Å². The number of aromatic nitrogens is 2. The van der Waals surface area contributed by atoms with Crippen molar-refractivity contribution in [3.05, 3.63) is 52.6 Å². The van der Waals surface area contributed by atoms with Gasteiger partial charge in [0.1, 0.15) is 11.4 Å². The van der Waals surface area contributed by atoms with Gasteiger partial charge in [-0.05, 0) is 12.1 Å². The molecule has 0 aliphatic rings. The normalized spacial score (nSPS) is 10.8. The molecule has 0 atom stereocenters. The number of anilines is 1. The average molecular weight is 268 g/mol. The van der Waals surface area contributed by atoms with E-state index in [0.29, 0.717) is 11.3 Å². The van der Waals surface area contributed by atoms with Crippen molar-refractivity contribution in [3.63, 3.8) is 0 Å². The Bertz CT molecular complexity index is 823. The molecule has 6 nitrogen and oxygen atoms in total. The first kappa shape index (κ1) is 12.2. The third-order valence-electron chi connectivity index (χ3n) is 3.26. The zero-order chi connectivity index (χ0) is 14.3. The molecule has 3 aromatic rings. The van der Waals surface area contributed by atoms with Gasteiger partial charge in [0, 0.05) is 24.1 Å². The molecule has 0 saturated carbocycles. The molecule has 3 rings (SSSR count). The van der Waals surface area contributed by atoms with Gasteiger partial charge < -0.3 is 5.73 Å². The highest BCUT2D eigenvalue weighted by Crippen LogP contribution is 2.32. The molecule has 1 heterocycles. The summed E-state index contributed by atoms with van der Waals surface area (Å²) in [5, 5.41) is 16.4. The van der Waals surface area contributed by atoms with Gasteiger partial charge in [-0.2, -0.15) is 5.10 Å². The average Bonchev–Trinajstić information content (AvgIpc) is 2.77. The minimum absolute atomic E-state index is 0.0998. The van der Waals surface area contributed by atoms with Crippen molar-refractivity contribution in [2.24, 2.45) is 7.05 Å². The fourth-order valence-corrected chi connectivity index (χ4v) is 2.28. The lowest BCUT2D eigenvalue weighted by molar-refractivity contribution is -0.383. The number of hydrogen-bond acceptors (Lipinski definition) is 4. The molecule has 6 heteroatoms. The summed E-state index contributed by atoms with van der Waals surface area (Å²) in [5.41, 5.74) is 8.04. The summed E-state index contributed by atoms with van der Waals surface area (Å²) in [5.74, 6) is 0. The maximum absolute atomic E-state index is 11.0. The smallest absolute Gasteiger partial charge is 0.292 e. The van der Waals surface area contributed by atoms with Crippen LogP contribution in [0.3, 0.4) is 0 Å². The quantitative estimate of drug-likeness (QED) is 0.440. The van der Waals surface area contributed by atoms with Crippen LogP contribution in [0.2, 0.25) is 0 Å². The molecule has 0 aliphatic carbocycles. The summed E-state index contributed by atoms with van der Waals surface area (Å²) in [6.45, 7) is 0. The molecule has 0 spiro atoms. The van der Waals surface area contributed by atoms with Crippen molar-refractivity contribution in [2.75, 3.05) is 5.73 Å². The van der Waals surface area contributed by atoms with Crippen LogP contribution in [0.15, 0.2) is 42.5 Å². The fourth-order valence-electron chi connectivity index (χ4n) is 2.28. The number of nitrogens with two attached hydrogens (primary N) is 1. The Morgan fingerprint density at radius 3 is 2.75 bits per heavy atom. The van der Waals surface area contributed by atoms with Crippen LogP contribution in [0.25, 0.3) is 22.2 Å². The van der Waals surface area contributed by atoms with E-state index >= 15 is 0 Å².